The Bertz CT molecular complexity index is 468. The minimum atomic E-state index is -0.505. The zero-order valence-corrected chi connectivity index (χ0v) is 10.5. The summed E-state index contributed by atoms with van der Waals surface area (Å²) in [5.74, 6) is -0.520. The molecule has 0 aliphatic rings. The fraction of sp³-hybridized carbons (Fsp3) is 0.385. The van der Waals surface area contributed by atoms with Gasteiger partial charge in [-0.2, -0.15) is 5.26 Å². The largest absolute Gasteiger partial charge is 0.359 e. The standard InChI is InChI=1S/C13H16FN3O/c1-16-13(18)5-6-17(2)9-10-3-4-12(14)11(7-10)8-15/h3-4,7H,5-6,9H2,1-2H3,(H,16,18). The van der Waals surface area contributed by atoms with Crippen LogP contribution in [-0.2, 0) is 11.3 Å². The molecule has 0 aliphatic heterocycles. The molecule has 5 heteroatoms. The Morgan fingerprint density at radius 2 is 2.28 bits per heavy atom. The van der Waals surface area contributed by atoms with Crippen LogP contribution in [0.4, 0.5) is 4.39 Å². The van der Waals surface area contributed by atoms with Gasteiger partial charge in [-0.3, -0.25) is 4.79 Å². The number of carbonyl (C=O) groups excluding carboxylic acids is 1. The maximum absolute atomic E-state index is 13.1. The van der Waals surface area contributed by atoms with Crippen molar-refractivity contribution in [2.24, 2.45) is 0 Å². The van der Waals surface area contributed by atoms with E-state index in [0.717, 1.165) is 5.56 Å². The molecule has 0 unspecified atom stereocenters. The summed E-state index contributed by atoms with van der Waals surface area (Å²) in [6.45, 7) is 1.19. The number of hydrogen-bond acceptors (Lipinski definition) is 3. The maximum Gasteiger partial charge on any atom is 0.221 e. The Kier molecular flexibility index (Phi) is 5.28. The van der Waals surface area contributed by atoms with E-state index < -0.39 is 5.82 Å². The molecule has 1 aromatic rings. The Hall–Kier alpha value is -1.93. The van der Waals surface area contributed by atoms with Crippen LogP contribution in [0.15, 0.2) is 18.2 Å². The molecule has 0 saturated heterocycles. The Balaban J connectivity index is 2.57. The van der Waals surface area contributed by atoms with Crippen LogP contribution in [0, 0.1) is 17.1 Å². The normalized spacial score (nSPS) is 10.2. The van der Waals surface area contributed by atoms with Crippen LogP contribution in [0.1, 0.15) is 17.5 Å². The molecule has 1 rings (SSSR count). The van der Waals surface area contributed by atoms with E-state index in [0.29, 0.717) is 19.5 Å². The van der Waals surface area contributed by atoms with E-state index in [2.05, 4.69) is 5.32 Å². The molecule has 96 valence electrons. The monoisotopic (exact) mass is 249 g/mol. The number of hydrogen-bond donors (Lipinski definition) is 1. The van der Waals surface area contributed by atoms with Crippen LogP contribution in [0.3, 0.4) is 0 Å². The summed E-state index contributed by atoms with van der Waals surface area (Å²) in [6.07, 6.45) is 0.416. The molecular weight excluding hydrogens is 233 g/mol. The van der Waals surface area contributed by atoms with Gasteiger partial charge in [0.15, 0.2) is 0 Å². The van der Waals surface area contributed by atoms with Gasteiger partial charge in [0.2, 0.25) is 5.91 Å². The van der Waals surface area contributed by atoms with Crippen LogP contribution >= 0.6 is 0 Å². The fourth-order valence-corrected chi connectivity index (χ4v) is 1.56. The highest BCUT2D eigenvalue weighted by atomic mass is 19.1. The Morgan fingerprint density at radius 3 is 2.89 bits per heavy atom. The summed E-state index contributed by atoms with van der Waals surface area (Å²) in [6, 6.07) is 6.28. The van der Waals surface area contributed by atoms with Gasteiger partial charge in [-0.05, 0) is 24.7 Å². The number of nitrogens with zero attached hydrogens (tertiary/aromatic N) is 2. The molecule has 0 heterocycles. The predicted octanol–water partition coefficient (Wildman–Crippen LogP) is 1.27. The van der Waals surface area contributed by atoms with Crippen LogP contribution in [0.2, 0.25) is 0 Å². The number of nitrogens with one attached hydrogen (secondary N) is 1. The third-order valence-corrected chi connectivity index (χ3v) is 2.60. The van der Waals surface area contributed by atoms with Crippen molar-refractivity contribution >= 4 is 5.91 Å². The van der Waals surface area contributed by atoms with Crippen molar-refractivity contribution in [3.63, 3.8) is 0 Å². The van der Waals surface area contributed by atoms with E-state index in [1.54, 1.807) is 13.1 Å². The number of halogens is 1. The predicted molar refractivity (Wildman–Crippen MR) is 66.1 cm³/mol. The first-order chi connectivity index (χ1) is 8.56. The van der Waals surface area contributed by atoms with E-state index in [1.165, 1.54) is 12.1 Å². The van der Waals surface area contributed by atoms with Crippen molar-refractivity contribution in [3.05, 3.63) is 35.1 Å². The second-order valence-corrected chi connectivity index (χ2v) is 4.09. The summed E-state index contributed by atoms with van der Waals surface area (Å²) in [7, 11) is 3.47. The summed E-state index contributed by atoms with van der Waals surface area (Å²) in [4.78, 5) is 13.0. The SMILES string of the molecule is CNC(=O)CCN(C)Cc1ccc(F)c(C#N)c1. The minimum Gasteiger partial charge on any atom is -0.359 e. The van der Waals surface area contributed by atoms with E-state index in [4.69, 9.17) is 5.26 Å². The van der Waals surface area contributed by atoms with Crippen LogP contribution < -0.4 is 5.32 Å². The van der Waals surface area contributed by atoms with Gasteiger partial charge in [0.05, 0.1) is 5.56 Å². The molecule has 4 nitrogen and oxygen atoms in total. The number of nitriles is 1. The summed E-state index contributed by atoms with van der Waals surface area (Å²) < 4.78 is 13.1. The van der Waals surface area contributed by atoms with E-state index in [-0.39, 0.29) is 11.5 Å². The maximum atomic E-state index is 13.1. The van der Waals surface area contributed by atoms with Gasteiger partial charge in [0.25, 0.3) is 0 Å². The summed E-state index contributed by atoms with van der Waals surface area (Å²) in [5, 5.41) is 11.3. The van der Waals surface area contributed by atoms with Gasteiger partial charge in [0, 0.05) is 26.6 Å². The average Bonchev–Trinajstić information content (AvgIpc) is 2.38. The van der Waals surface area contributed by atoms with Gasteiger partial charge in [-0.1, -0.05) is 6.07 Å². The highest BCUT2D eigenvalue weighted by Crippen LogP contribution is 2.11. The molecular formula is C13H16FN3O. The van der Waals surface area contributed by atoms with E-state index in [9.17, 15) is 9.18 Å². The topological polar surface area (TPSA) is 56.1 Å². The number of amides is 1. The summed E-state index contributed by atoms with van der Waals surface area (Å²) in [5.41, 5.74) is 0.902. The van der Waals surface area contributed by atoms with Crippen molar-refractivity contribution in [1.82, 2.24) is 10.2 Å². The molecule has 1 aromatic carbocycles. The zero-order chi connectivity index (χ0) is 13.5. The first kappa shape index (κ1) is 14.1. The van der Waals surface area contributed by atoms with Gasteiger partial charge >= 0.3 is 0 Å². The molecule has 1 N–H and O–H groups in total. The third kappa shape index (κ3) is 4.15. The zero-order valence-electron chi connectivity index (χ0n) is 10.5. The molecule has 0 atom stereocenters. The highest BCUT2D eigenvalue weighted by molar-refractivity contribution is 5.75. The van der Waals surface area contributed by atoms with Gasteiger partial charge in [-0.15, -0.1) is 0 Å². The average molecular weight is 249 g/mol. The lowest BCUT2D eigenvalue weighted by Crippen LogP contribution is -2.26. The number of benzene rings is 1. The van der Waals surface area contributed by atoms with Crippen molar-refractivity contribution in [3.8, 4) is 6.07 Å². The number of rotatable bonds is 5. The van der Waals surface area contributed by atoms with Gasteiger partial charge in [-0.25, -0.2) is 4.39 Å². The van der Waals surface area contributed by atoms with Crippen molar-refractivity contribution in [1.29, 1.82) is 5.26 Å². The Labute approximate surface area is 106 Å². The van der Waals surface area contributed by atoms with Gasteiger partial charge < -0.3 is 10.2 Å². The molecule has 0 aliphatic carbocycles. The van der Waals surface area contributed by atoms with E-state index in [1.807, 2.05) is 18.0 Å². The molecule has 0 bridgehead atoms. The minimum absolute atomic E-state index is 0.0151. The summed E-state index contributed by atoms with van der Waals surface area (Å²) >= 11 is 0. The third-order valence-electron chi connectivity index (χ3n) is 2.60. The lowest BCUT2D eigenvalue weighted by Gasteiger charge is -2.16. The van der Waals surface area contributed by atoms with Crippen LogP contribution in [0.25, 0.3) is 0 Å². The highest BCUT2D eigenvalue weighted by Gasteiger charge is 2.06. The molecule has 0 aromatic heterocycles. The van der Waals surface area contributed by atoms with Crippen LogP contribution in [0.5, 0.6) is 0 Å². The van der Waals surface area contributed by atoms with Gasteiger partial charge in [0.1, 0.15) is 11.9 Å². The van der Waals surface area contributed by atoms with Crippen LogP contribution in [-0.4, -0.2) is 31.4 Å². The molecule has 0 saturated carbocycles. The second-order valence-electron chi connectivity index (χ2n) is 4.09. The molecule has 1 amide bonds. The first-order valence-corrected chi connectivity index (χ1v) is 5.64. The molecule has 18 heavy (non-hydrogen) atoms. The van der Waals surface area contributed by atoms with Crippen molar-refractivity contribution < 1.29 is 9.18 Å². The van der Waals surface area contributed by atoms with Crippen molar-refractivity contribution in [2.45, 2.75) is 13.0 Å². The lowest BCUT2D eigenvalue weighted by molar-refractivity contribution is -0.120. The lowest BCUT2D eigenvalue weighted by atomic mass is 10.1. The fourth-order valence-electron chi connectivity index (χ4n) is 1.56. The van der Waals surface area contributed by atoms with Crippen molar-refractivity contribution in [2.75, 3.05) is 20.6 Å². The second kappa shape index (κ2) is 6.72. The molecule has 0 radical (unpaired) electrons. The number of carbonyl (C=O) groups is 1. The molecule has 0 spiro atoms. The smallest absolute Gasteiger partial charge is 0.221 e. The van der Waals surface area contributed by atoms with E-state index >= 15 is 0 Å². The quantitative estimate of drug-likeness (QED) is 0.854. The Morgan fingerprint density at radius 1 is 1.56 bits per heavy atom. The first-order valence-electron chi connectivity index (χ1n) is 5.64. The molecule has 0 fully saturated rings.